The molecule has 0 aliphatic carbocycles. The summed E-state index contributed by atoms with van der Waals surface area (Å²) in [5.74, 6) is -3.28. The van der Waals surface area contributed by atoms with Crippen LogP contribution in [0.15, 0.2) is 15.8 Å². The van der Waals surface area contributed by atoms with E-state index < -0.39 is 86.6 Å². The lowest BCUT2D eigenvalue weighted by molar-refractivity contribution is -0.161. The molecule has 1 amide bonds. The summed E-state index contributed by atoms with van der Waals surface area (Å²) in [5.41, 5.74) is -1.29. The molecule has 0 saturated carbocycles. The zero-order valence-corrected chi connectivity index (χ0v) is 26.3. The molecule has 1 fully saturated rings. The van der Waals surface area contributed by atoms with Gasteiger partial charge in [-0.05, 0) is 40.8 Å². The highest BCUT2D eigenvalue weighted by atomic mass is 31.2. The highest BCUT2D eigenvalue weighted by molar-refractivity contribution is 7.53. The van der Waals surface area contributed by atoms with Crippen LogP contribution in [0.1, 0.15) is 45.4 Å². The van der Waals surface area contributed by atoms with Gasteiger partial charge in [0.05, 0.1) is 32.2 Å². The topological polar surface area (TPSA) is 205 Å². The Morgan fingerprint density at radius 1 is 1.16 bits per heavy atom. The lowest BCUT2D eigenvalue weighted by atomic mass is 9.99. The van der Waals surface area contributed by atoms with Gasteiger partial charge in [-0.2, -0.15) is 0 Å². The van der Waals surface area contributed by atoms with Crippen molar-refractivity contribution in [1.29, 1.82) is 0 Å². The van der Waals surface area contributed by atoms with Crippen LogP contribution in [0.2, 0.25) is 0 Å². The number of aromatic nitrogens is 2. The van der Waals surface area contributed by atoms with Crippen molar-refractivity contribution in [3.8, 4) is 0 Å². The molecule has 1 aliphatic heterocycles. The van der Waals surface area contributed by atoms with E-state index in [2.05, 4.69) is 10.3 Å². The Balaban J connectivity index is 2.50. The Kier molecular flexibility index (Phi) is 14.2. The van der Waals surface area contributed by atoms with Gasteiger partial charge in [-0.1, -0.05) is 6.92 Å². The SMILES string of the molecule is CCOP(=O)(C[C@@H](C)[C@H]1O[C@@H](n2cc(C)c(=O)[nH]c2=O)[C@H](OCC(=O)NCCN(C)C)[C@@H]1OC(=O)CCC(=O)O)OCC. The molecule has 0 bridgehead atoms. The first-order valence-electron chi connectivity index (χ1n) is 14.0. The van der Waals surface area contributed by atoms with Crippen LogP contribution in [0.5, 0.6) is 0 Å². The number of carbonyl (C=O) groups is 3. The number of hydrogen-bond acceptors (Lipinski definition) is 12. The number of aromatic amines is 1. The third-order valence-electron chi connectivity index (χ3n) is 6.47. The predicted octanol–water partition coefficient (Wildman–Crippen LogP) is 0.484. The molecule has 2 rings (SSSR count). The second-order valence-electron chi connectivity index (χ2n) is 10.4. The fourth-order valence-corrected chi connectivity index (χ4v) is 6.47. The third kappa shape index (κ3) is 11.0. The van der Waals surface area contributed by atoms with Crippen LogP contribution >= 0.6 is 7.60 Å². The predicted molar refractivity (Wildman–Crippen MR) is 153 cm³/mol. The average Bonchev–Trinajstić information content (AvgIpc) is 3.26. The van der Waals surface area contributed by atoms with Crippen molar-refractivity contribution in [3.05, 3.63) is 32.6 Å². The quantitative estimate of drug-likeness (QED) is 0.149. The van der Waals surface area contributed by atoms with Crippen molar-refractivity contribution in [2.75, 3.05) is 53.2 Å². The van der Waals surface area contributed by atoms with E-state index in [1.165, 1.54) is 13.1 Å². The first kappa shape index (κ1) is 36.3. The molecule has 1 aromatic rings. The number of carboxylic acids is 1. The van der Waals surface area contributed by atoms with Gasteiger partial charge in [-0.3, -0.25) is 33.3 Å². The van der Waals surface area contributed by atoms with Crippen molar-refractivity contribution in [3.63, 3.8) is 0 Å². The Morgan fingerprint density at radius 3 is 2.40 bits per heavy atom. The normalized spacial score (nSPS) is 21.1. The molecule has 16 nitrogen and oxygen atoms in total. The molecule has 0 unspecified atom stereocenters. The lowest BCUT2D eigenvalue weighted by Gasteiger charge is -2.28. The second kappa shape index (κ2) is 16.8. The standard InChI is InChI=1S/C26H43N4O12P/c1-7-39-43(37,40-8-2)15-17(4)21-22(41-20(34)10-9-19(32)33)23(38-14-18(31)27-11-12-29(5)6)25(42-21)30-13-16(3)24(35)28-26(30)36/h13,17,21-23,25H,7-12,14-15H2,1-6H3,(H,27,31)(H,32,33)(H,28,35,36)/t17-,21-,22-,23-,25-/m1/s1. The molecular weight excluding hydrogens is 591 g/mol. The molecular formula is C26H43N4O12P. The lowest BCUT2D eigenvalue weighted by Crippen LogP contribution is -2.44. The minimum atomic E-state index is -3.62. The molecule has 0 aromatic carbocycles. The van der Waals surface area contributed by atoms with Crippen molar-refractivity contribution >= 4 is 25.4 Å². The largest absolute Gasteiger partial charge is 0.481 e. The summed E-state index contributed by atoms with van der Waals surface area (Å²) in [6, 6.07) is 0. The number of nitrogens with zero attached hydrogens (tertiary/aromatic N) is 2. The molecule has 5 atom stereocenters. The Morgan fingerprint density at radius 2 is 1.81 bits per heavy atom. The average molecular weight is 635 g/mol. The second-order valence-corrected chi connectivity index (χ2v) is 12.5. The maximum absolute atomic E-state index is 13.4. The minimum absolute atomic E-state index is 0.104. The monoisotopic (exact) mass is 634 g/mol. The van der Waals surface area contributed by atoms with Crippen molar-refractivity contribution < 1.29 is 47.3 Å². The molecule has 1 saturated heterocycles. The van der Waals surface area contributed by atoms with Crippen LogP contribution in [0.4, 0.5) is 0 Å². The fourth-order valence-electron chi connectivity index (χ4n) is 4.49. The van der Waals surface area contributed by atoms with E-state index in [9.17, 15) is 28.5 Å². The van der Waals surface area contributed by atoms with E-state index in [0.29, 0.717) is 13.1 Å². The number of nitrogens with one attached hydrogen (secondary N) is 2. The van der Waals surface area contributed by atoms with Gasteiger partial charge in [0.2, 0.25) is 5.91 Å². The van der Waals surface area contributed by atoms with Crippen molar-refractivity contribution in [2.24, 2.45) is 5.92 Å². The smallest absolute Gasteiger partial charge is 0.331 e. The number of ether oxygens (including phenoxy) is 3. The van der Waals surface area contributed by atoms with Gasteiger partial charge in [0.25, 0.3) is 5.56 Å². The number of rotatable bonds is 18. The number of aryl methyl sites for hydroxylation is 1. The summed E-state index contributed by atoms with van der Waals surface area (Å²) >= 11 is 0. The molecule has 43 heavy (non-hydrogen) atoms. The van der Waals surface area contributed by atoms with Crippen LogP contribution in [0.25, 0.3) is 0 Å². The maximum atomic E-state index is 13.4. The van der Waals surface area contributed by atoms with Gasteiger partial charge < -0.3 is 38.6 Å². The molecule has 244 valence electrons. The number of H-pyrrole nitrogens is 1. The zero-order valence-electron chi connectivity index (χ0n) is 25.4. The summed E-state index contributed by atoms with van der Waals surface area (Å²) in [6.07, 6.45) is -4.82. The van der Waals surface area contributed by atoms with Gasteiger partial charge in [-0.15, -0.1) is 0 Å². The van der Waals surface area contributed by atoms with Crippen LogP contribution < -0.4 is 16.6 Å². The number of aliphatic carboxylic acids is 1. The van der Waals surface area contributed by atoms with Crippen LogP contribution in [-0.2, 0) is 42.2 Å². The molecule has 1 aliphatic rings. The van der Waals surface area contributed by atoms with Gasteiger partial charge in [0.1, 0.15) is 18.8 Å². The Labute approximate surface area is 249 Å². The molecule has 0 radical (unpaired) electrons. The maximum Gasteiger partial charge on any atom is 0.331 e. The number of amides is 1. The zero-order chi connectivity index (χ0) is 32.3. The van der Waals surface area contributed by atoms with Gasteiger partial charge in [0.15, 0.2) is 12.3 Å². The number of esters is 1. The molecule has 1 aromatic heterocycles. The van der Waals surface area contributed by atoms with E-state index in [4.69, 9.17) is 28.4 Å². The summed E-state index contributed by atoms with van der Waals surface area (Å²) < 4.78 is 43.1. The highest BCUT2D eigenvalue weighted by Gasteiger charge is 2.52. The summed E-state index contributed by atoms with van der Waals surface area (Å²) in [4.78, 5) is 65.4. The molecule has 3 N–H and O–H groups in total. The van der Waals surface area contributed by atoms with E-state index in [-0.39, 0.29) is 24.9 Å². The Hall–Kier alpha value is -2.88. The third-order valence-corrected chi connectivity index (χ3v) is 8.79. The first-order valence-corrected chi connectivity index (χ1v) is 15.7. The van der Waals surface area contributed by atoms with Crippen molar-refractivity contribution in [2.45, 2.75) is 65.1 Å². The van der Waals surface area contributed by atoms with Crippen molar-refractivity contribution in [1.82, 2.24) is 19.8 Å². The number of hydrogen-bond donors (Lipinski definition) is 3. The van der Waals surface area contributed by atoms with Crippen LogP contribution in [0, 0.1) is 12.8 Å². The van der Waals surface area contributed by atoms with Gasteiger partial charge in [-0.25, -0.2) is 4.79 Å². The van der Waals surface area contributed by atoms with Gasteiger partial charge in [0, 0.05) is 24.8 Å². The molecule has 0 spiro atoms. The van der Waals surface area contributed by atoms with Crippen LogP contribution in [-0.4, -0.2) is 109 Å². The fraction of sp³-hybridized carbons (Fsp3) is 0.731. The summed E-state index contributed by atoms with van der Waals surface area (Å²) in [6.45, 7) is 7.04. The Bertz CT molecular complexity index is 1260. The van der Waals surface area contributed by atoms with E-state index in [0.717, 1.165) is 4.57 Å². The summed E-state index contributed by atoms with van der Waals surface area (Å²) in [5, 5.41) is 11.7. The molecule has 2 heterocycles. The van der Waals surface area contributed by atoms with E-state index in [1.54, 1.807) is 20.8 Å². The number of carbonyl (C=O) groups excluding carboxylic acids is 2. The van der Waals surface area contributed by atoms with E-state index in [1.807, 2.05) is 19.0 Å². The van der Waals surface area contributed by atoms with Gasteiger partial charge >= 0.3 is 25.2 Å². The summed E-state index contributed by atoms with van der Waals surface area (Å²) in [7, 11) is 0.0570. The number of carboxylic acid groups (broad SMARTS) is 1. The molecule has 17 heteroatoms. The minimum Gasteiger partial charge on any atom is -0.481 e. The van der Waals surface area contributed by atoms with E-state index >= 15 is 0 Å². The first-order chi connectivity index (χ1) is 20.2. The number of likely N-dealkylation sites (N-methyl/N-ethyl adjacent to an activating group) is 1. The van der Waals surface area contributed by atoms with Crippen LogP contribution in [0.3, 0.4) is 0 Å². The highest BCUT2D eigenvalue weighted by Crippen LogP contribution is 2.51.